The molecular weight excluding hydrogens is 393 g/mol. The number of benzene rings is 1. The van der Waals surface area contributed by atoms with Crippen molar-refractivity contribution in [3.8, 4) is 5.75 Å². The second-order valence-electron chi connectivity index (χ2n) is 11.1. The van der Waals surface area contributed by atoms with Crippen molar-refractivity contribution in [1.82, 2.24) is 4.90 Å². The molecule has 7 heteroatoms. The smallest absolute Gasteiger partial charge is 0.490 e. The standard InChI is InChI=1S/C24H36BNO5/c1-22(2,3)29-21(27)26-17-10-11-18(26)15-20(14-17)28-19-12-8-16(9-13-19)25-30-23(4,5)24(6,7)31-25/h8-9,12-13,17-18,20H,10-11,14-15H2,1-7H3. The number of hydrogen-bond acceptors (Lipinski definition) is 5. The van der Waals surface area contributed by atoms with Crippen LogP contribution in [0.3, 0.4) is 0 Å². The van der Waals surface area contributed by atoms with Crippen LogP contribution in [0, 0.1) is 0 Å². The van der Waals surface area contributed by atoms with E-state index in [2.05, 4.69) is 27.7 Å². The highest BCUT2D eigenvalue weighted by Gasteiger charge is 2.51. The van der Waals surface area contributed by atoms with Crippen molar-refractivity contribution < 1.29 is 23.6 Å². The molecule has 3 saturated heterocycles. The molecule has 0 aromatic heterocycles. The summed E-state index contributed by atoms with van der Waals surface area (Å²) in [6, 6.07) is 8.40. The molecule has 0 aliphatic carbocycles. The third kappa shape index (κ3) is 4.58. The van der Waals surface area contributed by atoms with Crippen molar-refractivity contribution in [3.63, 3.8) is 0 Å². The number of piperidine rings is 1. The van der Waals surface area contributed by atoms with E-state index in [9.17, 15) is 4.79 Å². The molecule has 0 spiro atoms. The highest BCUT2D eigenvalue weighted by molar-refractivity contribution is 6.62. The molecule has 2 atom stereocenters. The van der Waals surface area contributed by atoms with Gasteiger partial charge in [0.15, 0.2) is 0 Å². The minimum atomic E-state index is -0.469. The Bertz CT molecular complexity index is 786. The first-order valence-electron chi connectivity index (χ1n) is 11.5. The van der Waals surface area contributed by atoms with E-state index >= 15 is 0 Å². The number of nitrogens with zero attached hydrogens (tertiary/aromatic N) is 1. The third-order valence-corrected chi connectivity index (χ3v) is 7.00. The summed E-state index contributed by atoms with van der Waals surface area (Å²) < 4.78 is 24.2. The summed E-state index contributed by atoms with van der Waals surface area (Å²) >= 11 is 0. The molecule has 3 aliphatic heterocycles. The molecular formula is C24H36BNO5. The molecule has 1 amide bonds. The second-order valence-corrected chi connectivity index (χ2v) is 11.1. The van der Waals surface area contributed by atoms with Crippen molar-refractivity contribution in [1.29, 1.82) is 0 Å². The van der Waals surface area contributed by atoms with Crippen LogP contribution in [-0.4, -0.2) is 53.1 Å². The van der Waals surface area contributed by atoms with Crippen LogP contribution in [0.25, 0.3) is 0 Å². The van der Waals surface area contributed by atoms with Gasteiger partial charge in [0.05, 0.1) is 11.2 Å². The van der Waals surface area contributed by atoms with Gasteiger partial charge in [0.2, 0.25) is 0 Å². The van der Waals surface area contributed by atoms with Gasteiger partial charge in [-0.2, -0.15) is 0 Å². The van der Waals surface area contributed by atoms with Gasteiger partial charge < -0.3 is 23.7 Å². The van der Waals surface area contributed by atoms with Crippen molar-refractivity contribution in [3.05, 3.63) is 24.3 Å². The van der Waals surface area contributed by atoms with E-state index in [0.29, 0.717) is 0 Å². The molecule has 0 radical (unpaired) electrons. The summed E-state index contributed by atoms with van der Waals surface area (Å²) in [6.07, 6.45) is 3.64. The number of carbonyl (C=O) groups is 1. The minimum Gasteiger partial charge on any atom is -0.490 e. The maximum absolute atomic E-state index is 12.6. The van der Waals surface area contributed by atoms with Crippen LogP contribution in [-0.2, 0) is 14.0 Å². The van der Waals surface area contributed by atoms with Gasteiger partial charge in [0.25, 0.3) is 0 Å². The van der Waals surface area contributed by atoms with Crippen LogP contribution in [0.1, 0.15) is 74.1 Å². The maximum Gasteiger partial charge on any atom is 0.494 e. The van der Waals surface area contributed by atoms with E-state index in [1.807, 2.05) is 49.9 Å². The largest absolute Gasteiger partial charge is 0.494 e. The number of rotatable bonds is 3. The van der Waals surface area contributed by atoms with Gasteiger partial charge in [-0.05, 0) is 78.9 Å². The molecule has 3 heterocycles. The molecule has 170 valence electrons. The fourth-order valence-corrected chi connectivity index (χ4v) is 4.71. The molecule has 0 N–H and O–H groups in total. The first kappa shape index (κ1) is 22.5. The Kier molecular flexibility index (Phi) is 5.58. The lowest BCUT2D eigenvalue weighted by atomic mass is 9.79. The molecule has 0 saturated carbocycles. The zero-order valence-corrected chi connectivity index (χ0v) is 19.9. The molecule has 6 nitrogen and oxygen atoms in total. The third-order valence-electron chi connectivity index (χ3n) is 7.00. The van der Waals surface area contributed by atoms with Crippen molar-refractivity contribution in [2.75, 3.05) is 0 Å². The molecule has 2 unspecified atom stereocenters. The predicted molar refractivity (Wildman–Crippen MR) is 121 cm³/mol. The Hall–Kier alpha value is -1.73. The lowest BCUT2D eigenvalue weighted by Gasteiger charge is -2.39. The lowest BCUT2D eigenvalue weighted by molar-refractivity contribution is -0.00707. The fourth-order valence-electron chi connectivity index (χ4n) is 4.71. The summed E-state index contributed by atoms with van der Waals surface area (Å²) in [4.78, 5) is 14.6. The highest BCUT2D eigenvalue weighted by atomic mass is 16.7. The van der Waals surface area contributed by atoms with E-state index in [1.54, 1.807) is 0 Å². The first-order chi connectivity index (χ1) is 14.3. The fraction of sp³-hybridized carbons (Fsp3) is 0.708. The van der Waals surface area contributed by atoms with Crippen LogP contribution in [0.2, 0.25) is 0 Å². The minimum absolute atomic E-state index is 0.110. The zero-order valence-electron chi connectivity index (χ0n) is 19.9. The summed E-state index contributed by atoms with van der Waals surface area (Å²) in [5, 5.41) is 0. The predicted octanol–water partition coefficient (Wildman–Crippen LogP) is 4.30. The van der Waals surface area contributed by atoms with Crippen molar-refractivity contribution in [2.24, 2.45) is 0 Å². The van der Waals surface area contributed by atoms with E-state index in [4.69, 9.17) is 18.8 Å². The lowest BCUT2D eigenvalue weighted by Crippen LogP contribution is -2.50. The highest BCUT2D eigenvalue weighted by Crippen LogP contribution is 2.39. The van der Waals surface area contributed by atoms with Gasteiger partial charge in [-0.25, -0.2) is 4.79 Å². The Morgan fingerprint density at radius 1 is 1.00 bits per heavy atom. The van der Waals surface area contributed by atoms with E-state index in [1.165, 1.54) is 0 Å². The number of fused-ring (bicyclic) bond motifs is 2. The van der Waals surface area contributed by atoms with Crippen LogP contribution >= 0.6 is 0 Å². The topological polar surface area (TPSA) is 57.2 Å². The molecule has 1 aromatic rings. The molecule has 3 fully saturated rings. The number of ether oxygens (including phenoxy) is 2. The summed E-state index contributed by atoms with van der Waals surface area (Å²) in [6.45, 7) is 14.0. The van der Waals surface area contributed by atoms with Crippen LogP contribution in [0.4, 0.5) is 4.79 Å². The number of hydrogen-bond donors (Lipinski definition) is 0. The molecule has 31 heavy (non-hydrogen) atoms. The Labute approximate surface area is 186 Å². The molecule has 4 rings (SSSR count). The van der Waals surface area contributed by atoms with E-state index < -0.39 is 5.60 Å². The maximum atomic E-state index is 12.6. The van der Waals surface area contributed by atoms with Crippen LogP contribution in [0.5, 0.6) is 5.75 Å². The summed E-state index contributed by atoms with van der Waals surface area (Å²) in [5.74, 6) is 0.843. The average molecular weight is 429 g/mol. The summed E-state index contributed by atoms with van der Waals surface area (Å²) in [7, 11) is -0.369. The normalized spacial score (nSPS) is 29.2. The molecule has 2 bridgehead atoms. The van der Waals surface area contributed by atoms with Crippen molar-refractivity contribution >= 4 is 18.7 Å². The zero-order chi connectivity index (χ0) is 22.6. The Morgan fingerprint density at radius 2 is 1.52 bits per heavy atom. The molecule has 1 aromatic carbocycles. The first-order valence-corrected chi connectivity index (χ1v) is 11.5. The number of amides is 1. The van der Waals surface area contributed by atoms with Gasteiger partial charge in [-0.15, -0.1) is 0 Å². The van der Waals surface area contributed by atoms with Crippen LogP contribution < -0.4 is 10.2 Å². The SMILES string of the molecule is CC(C)(C)OC(=O)N1C2CCC1CC(Oc1ccc(B3OC(C)(C)C(C)(C)O3)cc1)C2. The molecule has 3 aliphatic rings. The summed E-state index contributed by atoms with van der Waals surface area (Å²) in [5.41, 5.74) is -0.184. The Morgan fingerprint density at radius 3 is 2.00 bits per heavy atom. The van der Waals surface area contributed by atoms with Gasteiger partial charge in [0.1, 0.15) is 17.5 Å². The average Bonchev–Trinajstić information content (AvgIpc) is 3.03. The number of carbonyl (C=O) groups excluding carboxylic acids is 1. The van der Waals surface area contributed by atoms with Gasteiger partial charge in [-0.3, -0.25) is 0 Å². The van der Waals surface area contributed by atoms with Gasteiger partial charge >= 0.3 is 13.2 Å². The van der Waals surface area contributed by atoms with Gasteiger partial charge in [0, 0.05) is 24.9 Å². The monoisotopic (exact) mass is 429 g/mol. The van der Waals surface area contributed by atoms with E-state index in [-0.39, 0.29) is 42.6 Å². The quantitative estimate of drug-likeness (QED) is 0.671. The van der Waals surface area contributed by atoms with E-state index in [0.717, 1.165) is 36.9 Å². The van der Waals surface area contributed by atoms with Crippen molar-refractivity contribution in [2.45, 2.75) is 109 Å². The second kappa shape index (κ2) is 7.70. The van der Waals surface area contributed by atoms with Gasteiger partial charge in [-0.1, -0.05) is 12.1 Å². The Balaban J connectivity index is 1.36. The van der Waals surface area contributed by atoms with Crippen LogP contribution in [0.15, 0.2) is 24.3 Å².